The van der Waals surface area contributed by atoms with Gasteiger partial charge in [0.1, 0.15) is 6.04 Å². The van der Waals surface area contributed by atoms with Crippen molar-refractivity contribution in [3.8, 4) is 0 Å². The van der Waals surface area contributed by atoms with E-state index in [0.29, 0.717) is 5.56 Å². The maximum atomic E-state index is 12.5. The van der Waals surface area contributed by atoms with Crippen molar-refractivity contribution in [2.75, 3.05) is 6.54 Å². The number of carboxylic acid groups (broad SMARTS) is 2. The van der Waals surface area contributed by atoms with Crippen molar-refractivity contribution in [2.45, 2.75) is 35.9 Å². The summed E-state index contributed by atoms with van der Waals surface area (Å²) in [5.74, 6) is -3.83. The van der Waals surface area contributed by atoms with Crippen LogP contribution in [-0.2, 0) is 9.59 Å². The highest BCUT2D eigenvalue weighted by Gasteiger charge is 2.47. The Morgan fingerprint density at radius 2 is 1.96 bits per heavy atom. The lowest BCUT2D eigenvalue weighted by Gasteiger charge is -2.29. The molecule has 1 heterocycles. The van der Waals surface area contributed by atoms with E-state index in [0.717, 1.165) is 0 Å². The van der Waals surface area contributed by atoms with Crippen molar-refractivity contribution in [3.63, 3.8) is 0 Å². The number of thioether (sulfide) groups is 1. The SMILES string of the molecule is CC1(C)S[C@H]([C@@H](C([O-])=NCC(=O)[O-])c2ccccc2)N[C@H]1C(=O)O. The molecule has 7 nitrogen and oxygen atoms in total. The third kappa shape index (κ3) is 4.07. The number of aliphatic imine (C=N–C) groups is 1. The summed E-state index contributed by atoms with van der Waals surface area (Å²) in [5, 5.41) is 34.8. The second-order valence-corrected chi connectivity index (χ2v) is 7.79. The highest BCUT2D eigenvalue weighted by atomic mass is 32.2. The lowest BCUT2D eigenvalue weighted by atomic mass is 9.97. The van der Waals surface area contributed by atoms with Crippen LogP contribution in [0.5, 0.6) is 0 Å². The third-order valence-corrected chi connectivity index (χ3v) is 5.30. The van der Waals surface area contributed by atoms with Crippen LogP contribution in [0.25, 0.3) is 0 Å². The van der Waals surface area contributed by atoms with Crippen LogP contribution in [-0.4, -0.2) is 45.7 Å². The van der Waals surface area contributed by atoms with Gasteiger partial charge in [-0.05, 0) is 25.3 Å². The largest absolute Gasteiger partial charge is 0.861 e. The number of nitrogens with zero attached hydrogens (tertiary/aromatic N) is 1. The van der Waals surface area contributed by atoms with E-state index in [1.54, 1.807) is 44.2 Å². The summed E-state index contributed by atoms with van der Waals surface area (Å²) in [6.07, 6.45) is 0. The van der Waals surface area contributed by atoms with Crippen LogP contribution < -0.4 is 15.5 Å². The lowest BCUT2D eigenvalue weighted by molar-refractivity contribution is -0.303. The number of benzene rings is 1. The van der Waals surface area contributed by atoms with E-state index < -0.39 is 46.5 Å². The van der Waals surface area contributed by atoms with Gasteiger partial charge in [0.2, 0.25) is 0 Å². The fourth-order valence-electron chi connectivity index (χ4n) is 2.68. The minimum Gasteiger partial charge on any atom is -0.861 e. The van der Waals surface area contributed by atoms with E-state index in [4.69, 9.17) is 0 Å². The molecule has 0 saturated carbocycles. The van der Waals surface area contributed by atoms with E-state index in [9.17, 15) is 24.9 Å². The first-order valence-electron chi connectivity index (χ1n) is 7.35. The van der Waals surface area contributed by atoms with E-state index in [2.05, 4.69) is 10.3 Å². The molecule has 1 aromatic carbocycles. The number of carboxylic acids is 2. The molecule has 1 aliphatic heterocycles. The number of rotatable bonds is 6. The van der Waals surface area contributed by atoms with Crippen LogP contribution in [0.4, 0.5) is 0 Å². The van der Waals surface area contributed by atoms with Crippen LogP contribution in [0, 0.1) is 0 Å². The fraction of sp³-hybridized carbons (Fsp3) is 0.438. The minimum atomic E-state index is -1.44. The second kappa shape index (κ2) is 7.23. The highest BCUT2D eigenvalue weighted by Crippen LogP contribution is 2.43. The Labute approximate surface area is 143 Å². The molecular formula is C16H18N2O5S-2. The van der Waals surface area contributed by atoms with Crippen LogP contribution in [0.15, 0.2) is 35.3 Å². The van der Waals surface area contributed by atoms with Crippen LogP contribution in [0.2, 0.25) is 0 Å². The maximum absolute atomic E-state index is 12.5. The summed E-state index contributed by atoms with van der Waals surface area (Å²) in [6, 6.07) is 7.96. The number of aliphatic carboxylic acids is 2. The van der Waals surface area contributed by atoms with Crippen molar-refractivity contribution in [2.24, 2.45) is 4.99 Å². The quantitative estimate of drug-likeness (QED) is 0.507. The summed E-state index contributed by atoms with van der Waals surface area (Å²) in [5.41, 5.74) is 0.649. The number of nitrogens with one attached hydrogen (secondary N) is 1. The summed E-state index contributed by atoms with van der Waals surface area (Å²) in [7, 11) is 0. The van der Waals surface area contributed by atoms with Gasteiger partial charge < -0.3 is 20.1 Å². The first kappa shape index (κ1) is 18.3. The molecule has 0 aromatic heterocycles. The monoisotopic (exact) mass is 350 g/mol. The summed E-state index contributed by atoms with van der Waals surface area (Å²) in [4.78, 5) is 25.6. The molecule has 3 atom stereocenters. The van der Waals surface area contributed by atoms with Gasteiger partial charge in [-0.2, -0.15) is 0 Å². The molecule has 1 aromatic rings. The van der Waals surface area contributed by atoms with Crippen molar-refractivity contribution < 1.29 is 24.9 Å². The standard InChI is InChI=1S/C16H20N2O5S/c1-16(2)12(15(22)23)18-14(24-16)11(9-6-4-3-5-7-9)13(21)17-8-10(19)20/h3-7,11-12,14,18H,8H2,1-2H3,(H,17,21)(H,19,20)(H,22,23)/p-2/t11-,12+,14-/m1/s1. The third-order valence-electron chi connectivity index (χ3n) is 3.80. The molecule has 0 unspecified atom stereocenters. The number of carbonyl (C=O) groups excluding carboxylic acids is 1. The molecule has 1 saturated heterocycles. The fourth-order valence-corrected chi connectivity index (χ4v) is 4.25. The average Bonchev–Trinajstić information content (AvgIpc) is 2.82. The zero-order valence-corrected chi connectivity index (χ0v) is 14.1. The molecule has 0 amide bonds. The van der Waals surface area contributed by atoms with Crippen LogP contribution in [0.1, 0.15) is 25.3 Å². The Hall–Kier alpha value is -2.06. The zero-order chi connectivity index (χ0) is 17.9. The Bertz CT molecular complexity index is 647. The zero-order valence-electron chi connectivity index (χ0n) is 13.3. The van der Waals surface area contributed by atoms with Gasteiger partial charge in [0.25, 0.3) is 0 Å². The average molecular weight is 350 g/mol. The van der Waals surface area contributed by atoms with Gasteiger partial charge in [0.05, 0.1) is 17.9 Å². The molecule has 130 valence electrons. The van der Waals surface area contributed by atoms with Gasteiger partial charge in [-0.1, -0.05) is 30.3 Å². The van der Waals surface area contributed by atoms with Crippen molar-refractivity contribution in [3.05, 3.63) is 35.9 Å². The van der Waals surface area contributed by atoms with Gasteiger partial charge in [-0.25, -0.2) is 0 Å². The normalized spacial score (nSPS) is 24.5. The number of carbonyl (C=O) groups is 2. The summed E-state index contributed by atoms with van der Waals surface area (Å²) < 4.78 is -0.627. The van der Waals surface area contributed by atoms with Gasteiger partial charge in [0, 0.05) is 10.7 Å². The molecule has 0 aliphatic carbocycles. The predicted octanol–water partition coefficient (Wildman–Crippen LogP) is -0.827. The molecule has 8 heteroatoms. The van der Waals surface area contributed by atoms with E-state index in [1.807, 2.05) is 0 Å². The van der Waals surface area contributed by atoms with E-state index in [1.165, 1.54) is 11.8 Å². The molecule has 0 radical (unpaired) electrons. The van der Waals surface area contributed by atoms with Crippen molar-refractivity contribution in [1.29, 1.82) is 0 Å². The number of hydrogen-bond donors (Lipinski definition) is 2. The predicted molar refractivity (Wildman–Crippen MR) is 86.5 cm³/mol. The van der Waals surface area contributed by atoms with Gasteiger partial charge in [-0.15, -0.1) is 11.8 Å². The molecule has 0 spiro atoms. The Balaban J connectivity index is 2.35. The van der Waals surface area contributed by atoms with E-state index in [-0.39, 0.29) is 0 Å². The van der Waals surface area contributed by atoms with Gasteiger partial charge in [0.15, 0.2) is 0 Å². The maximum Gasteiger partial charge on any atom is 0.322 e. The highest BCUT2D eigenvalue weighted by molar-refractivity contribution is 8.01. The Morgan fingerprint density at radius 3 is 2.46 bits per heavy atom. The summed E-state index contributed by atoms with van der Waals surface area (Å²) in [6.45, 7) is 2.86. The van der Waals surface area contributed by atoms with Gasteiger partial charge >= 0.3 is 5.97 Å². The number of hydrogen-bond acceptors (Lipinski definition) is 7. The topological polar surface area (TPSA) is 125 Å². The minimum absolute atomic E-state index is 0.526. The molecule has 1 fully saturated rings. The summed E-state index contributed by atoms with van der Waals surface area (Å²) >= 11 is 1.33. The molecule has 2 rings (SSSR count). The van der Waals surface area contributed by atoms with Crippen LogP contribution >= 0.6 is 11.8 Å². The van der Waals surface area contributed by atoms with Gasteiger partial charge in [-0.3, -0.25) is 15.1 Å². The smallest absolute Gasteiger partial charge is 0.322 e. The first-order valence-corrected chi connectivity index (χ1v) is 8.23. The Kier molecular flexibility index (Phi) is 5.51. The van der Waals surface area contributed by atoms with Crippen LogP contribution in [0.3, 0.4) is 0 Å². The van der Waals surface area contributed by atoms with E-state index >= 15 is 0 Å². The molecule has 0 bridgehead atoms. The first-order chi connectivity index (χ1) is 11.2. The van der Waals surface area contributed by atoms with Crippen molar-refractivity contribution in [1.82, 2.24) is 5.32 Å². The Morgan fingerprint density at radius 1 is 1.33 bits per heavy atom. The molecule has 2 N–H and O–H groups in total. The second-order valence-electron chi connectivity index (χ2n) is 5.99. The molecule has 1 aliphatic rings. The molecular weight excluding hydrogens is 332 g/mol. The van der Waals surface area contributed by atoms with Crippen molar-refractivity contribution >= 4 is 29.6 Å². The lowest BCUT2D eigenvalue weighted by Crippen LogP contribution is -2.47. The molecule has 24 heavy (non-hydrogen) atoms.